The molecule has 0 aliphatic rings. The van der Waals surface area contributed by atoms with Gasteiger partial charge in [-0.25, -0.2) is 4.79 Å². The Hall–Kier alpha value is -2.76. The van der Waals surface area contributed by atoms with Crippen molar-refractivity contribution in [1.82, 2.24) is 0 Å². The first-order valence-electron chi connectivity index (χ1n) is 5.38. The molecule has 2 rings (SSSR count). The Morgan fingerprint density at radius 1 is 1.21 bits per heavy atom. The predicted octanol–water partition coefficient (Wildman–Crippen LogP) is 1.96. The summed E-state index contributed by atoms with van der Waals surface area (Å²) in [6.45, 7) is 0. The summed E-state index contributed by atoms with van der Waals surface area (Å²) in [5.41, 5.74) is 0.471. The summed E-state index contributed by atoms with van der Waals surface area (Å²) in [7, 11) is 1.53. The fraction of sp³-hybridized carbons (Fsp3) is 0.0769. The number of benzene rings is 1. The summed E-state index contributed by atoms with van der Waals surface area (Å²) in [5.74, 6) is -1.60. The standard InChI is InChI=1S/C13H11NO5/c1-14(9-2-4-10(15)5-3-9)12(16)11-6-8(7-19-11)13(17)18/h2-7,15H,1H3,(H,17,18). The van der Waals surface area contributed by atoms with Crippen molar-refractivity contribution in [3.8, 4) is 5.75 Å². The predicted molar refractivity (Wildman–Crippen MR) is 66.5 cm³/mol. The summed E-state index contributed by atoms with van der Waals surface area (Å²) >= 11 is 0. The summed E-state index contributed by atoms with van der Waals surface area (Å²) in [6.07, 6.45) is 1.01. The molecule has 6 nitrogen and oxygen atoms in total. The highest BCUT2D eigenvalue weighted by molar-refractivity contribution is 6.05. The molecule has 0 atom stereocenters. The molecule has 1 heterocycles. The van der Waals surface area contributed by atoms with Crippen LogP contribution in [-0.2, 0) is 0 Å². The van der Waals surface area contributed by atoms with Crippen LogP contribution in [0.3, 0.4) is 0 Å². The molecular formula is C13H11NO5. The zero-order valence-corrected chi connectivity index (χ0v) is 10.0. The highest BCUT2D eigenvalue weighted by Gasteiger charge is 2.19. The number of phenolic OH excluding ortho intramolecular Hbond substituents is 1. The Kier molecular flexibility index (Phi) is 3.24. The number of carboxylic acids is 1. The monoisotopic (exact) mass is 261 g/mol. The van der Waals surface area contributed by atoms with Gasteiger partial charge in [-0.15, -0.1) is 0 Å². The molecule has 0 aliphatic carbocycles. The topological polar surface area (TPSA) is 91.0 Å². The van der Waals surface area contributed by atoms with Crippen LogP contribution < -0.4 is 4.90 Å². The average molecular weight is 261 g/mol. The Morgan fingerprint density at radius 3 is 2.37 bits per heavy atom. The number of anilines is 1. The lowest BCUT2D eigenvalue weighted by Gasteiger charge is -2.15. The van der Waals surface area contributed by atoms with Crippen LogP contribution in [0.5, 0.6) is 5.75 Å². The number of furan rings is 1. The molecule has 1 amide bonds. The van der Waals surface area contributed by atoms with Gasteiger partial charge in [0, 0.05) is 18.8 Å². The van der Waals surface area contributed by atoms with E-state index < -0.39 is 11.9 Å². The number of carbonyl (C=O) groups is 2. The maximum atomic E-state index is 12.0. The summed E-state index contributed by atoms with van der Waals surface area (Å²) < 4.78 is 4.93. The zero-order chi connectivity index (χ0) is 14.0. The van der Waals surface area contributed by atoms with E-state index in [9.17, 15) is 14.7 Å². The van der Waals surface area contributed by atoms with Gasteiger partial charge in [0.25, 0.3) is 5.91 Å². The van der Waals surface area contributed by atoms with Crippen LogP contribution in [0.4, 0.5) is 5.69 Å². The SMILES string of the molecule is CN(C(=O)c1cc(C(=O)O)co1)c1ccc(O)cc1. The number of nitrogens with zero attached hydrogens (tertiary/aromatic N) is 1. The number of hydrogen-bond donors (Lipinski definition) is 2. The van der Waals surface area contributed by atoms with E-state index in [1.165, 1.54) is 30.1 Å². The van der Waals surface area contributed by atoms with E-state index >= 15 is 0 Å². The lowest BCUT2D eigenvalue weighted by molar-refractivity contribution is 0.0696. The van der Waals surface area contributed by atoms with Gasteiger partial charge in [-0.05, 0) is 24.3 Å². The van der Waals surface area contributed by atoms with Crippen molar-refractivity contribution in [3.05, 3.63) is 47.9 Å². The molecule has 1 aromatic carbocycles. The lowest BCUT2D eigenvalue weighted by atomic mass is 10.2. The number of carbonyl (C=O) groups excluding carboxylic acids is 1. The minimum atomic E-state index is -1.16. The Balaban J connectivity index is 2.22. The van der Waals surface area contributed by atoms with Crippen molar-refractivity contribution in [3.63, 3.8) is 0 Å². The van der Waals surface area contributed by atoms with Gasteiger partial charge in [-0.2, -0.15) is 0 Å². The van der Waals surface area contributed by atoms with Crippen LogP contribution in [0.2, 0.25) is 0 Å². The van der Waals surface area contributed by atoms with Gasteiger partial charge < -0.3 is 19.5 Å². The second kappa shape index (κ2) is 4.85. The van der Waals surface area contributed by atoms with E-state index in [4.69, 9.17) is 9.52 Å². The maximum Gasteiger partial charge on any atom is 0.338 e. The molecular weight excluding hydrogens is 250 g/mol. The van der Waals surface area contributed by atoms with E-state index in [0.29, 0.717) is 5.69 Å². The van der Waals surface area contributed by atoms with Crippen molar-refractivity contribution in [2.75, 3.05) is 11.9 Å². The molecule has 0 fully saturated rings. The Morgan fingerprint density at radius 2 is 1.84 bits per heavy atom. The smallest absolute Gasteiger partial charge is 0.338 e. The van der Waals surface area contributed by atoms with Crippen LogP contribution in [-0.4, -0.2) is 29.1 Å². The van der Waals surface area contributed by atoms with Gasteiger partial charge in [-0.1, -0.05) is 0 Å². The van der Waals surface area contributed by atoms with Gasteiger partial charge in [0.2, 0.25) is 0 Å². The number of carboxylic acid groups (broad SMARTS) is 1. The van der Waals surface area contributed by atoms with Crippen LogP contribution >= 0.6 is 0 Å². The molecule has 2 aromatic rings. The largest absolute Gasteiger partial charge is 0.508 e. The summed E-state index contributed by atoms with van der Waals surface area (Å²) in [6, 6.07) is 7.19. The molecule has 2 N–H and O–H groups in total. The number of aromatic carboxylic acids is 1. The average Bonchev–Trinajstić information content (AvgIpc) is 2.87. The molecule has 6 heteroatoms. The van der Waals surface area contributed by atoms with Crippen molar-refractivity contribution in [2.45, 2.75) is 0 Å². The van der Waals surface area contributed by atoms with E-state index in [1.807, 2.05) is 0 Å². The quantitative estimate of drug-likeness (QED) is 0.881. The molecule has 0 bridgehead atoms. The second-order valence-corrected chi connectivity index (χ2v) is 3.89. The minimum Gasteiger partial charge on any atom is -0.508 e. The van der Waals surface area contributed by atoms with Crippen LogP contribution in [0.15, 0.2) is 41.0 Å². The minimum absolute atomic E-state index is 0.0621. The first kappa shape index (κ1) is 12.7. The maximum absolute atomic E-state index is 12.0. The first-order valence-corrected chi connectivity index (χ1v) is 5.38. The van der Waals surface area contributed by atoms with Gasteiger partial charge in [0.05, 0.1) is 5.56 Å². The highest BCUT2D eigenvalue weighted by atomic mass is 16.4. The molecule has 0 spiro atoms. The van der Waals surface area contributed by atoms with E-state index in [0.717, 1.165) is 6.26 Å². The van der Waals surface area contributed by atoms with Crippen molar-refractivity contribution < 1.29 is 24.2 Å². The van der Waals surface area contributed by atoms with Crippen LogP contribution in [0.1, 0.15) is 20.9 Å². The van der Waals surface area contributed by atoms with Gasteiger partial charge in [0.1, 0.15) is 12.0 Å². The molecule has 0 saturated carbocycles. The Bertz CT molecular complexity index is 614. The van der Waals surface area contributed by atoms with Gasteiger partial charge >= 0.3 is 5.97 Å². The number of aromatic hydroxyl groups is 1. The molecule has 0 unspecified atom stereocenters. The van der Waals surface area contributed by atoms with E-state index in [-0.39, 0.29) is 17.1 Å². The highest BCUT2D eigenvalue weighted by Crippen LogP contribution is 2.20. The van der Waals surface area contributed by atoms with Crippen molar-refractivity contribution in [2.24, 2.45) is 0 Å². The van der Waals surface area contributed by atoms with Gasteiger partial charge in [-0.3, -0.25) is 4.79 Å². The molecule has 0 aliphatic heterocycles. The van der Waals surface area contributed by atoms with Crippen molar-refractivity contribution in [1.29, 1.82) is 0 Å². The lowest BCUT2D eigenvalue weighted by Crippen LogP contribution is -2.25. The normalized spacial score (nSPS) is 10.2. The fourth-order valence-corrected chi connectivity index (χ4v) is 1.52. The molecule has 0 radical (unpaired) electrons. The summed E-state index contributed by atoms with van der Waals surface area (Å²) in [5, 5.41) is 17.9. The number of phenols is 1. The number of rotatable bonds is 3. The molecule has 19 heavy (non-hydrogen) atoms. The third kappa shape index (κ3) is 2.57. The zero-order valence-electron chi connectivity index (χ0n) is 10.0. The van der Waals surface area contributed by atoms with Gasteiger partial charge in [0.15, 0.2) is 5.76 Å². The molecule has 1 aromatic heterocycles. The number of hydrogen-bond acceptors (Lipinski definition) is 4. The third-order valence-corrected chi connectivity index (χ3v) is 2.60. The molecule has 0 saturated heterocycles. The second-order valence-electron chi connectivity index (χ2n) is 3.89. The first-order chi connectivity index (χ1) is 8.99. The van der Waals surface area contributed by atoms with Crippen molar-refractivity contribution >= 4 is 17.6 Å². The fourth-order valence-electron chi connectivity index (χ4n) is 1.52. The summed E-state index contributed by atoms with van der Waals surface area (Å²) in [4.78, 5) is 24.0. The number of amides is 1. The van der Waals surface area contributed by atoms with E-state index in [1.54, 1.807) is 12.1 Å². The van der Waals surface area contributed by atoms with E-state index in [2.05, 4.69) is 0 Å². The molecule has 98 valence electrons. The Labute approximate surface area is 108 Å². The van der Waals surface area contributed by atoms with Crippen LogP contribution in [0, 0.1) is 0 Å². The van der Waals surface area contributed by atoms with Crippen LogP contribution in [0.25, 0.3) is 0 Å². The third-order valence-electron chi connectivity index (χ3n) is 2.60.